The highest BCUT2D eigenvalue weighted by atomic mass is 32.1. The minimum atomic E-state index is 0.818. The van der Waals surface area contributed by atoms with Crippen molar-refractivity contribution >= 4 is 12.6 Å². The SMILES string of the molecule is CCc1nnn(-c2ccccc2)c1S. The van der Waals surface area contributed by atoms with Gasteiger partial charge < -0.3 is 0 Å². The van der Waals surface area contributed by atoms with Crippen LogP contribution in [0.1, 0.15) is 12.6 Å². The summed E-state index contributed by atoms with van der Waals surface area (Å²) in [6.45, 7) is 2.04. The number of rotatable bonds is 2. The second kappa shape index (κ2) is 3.84. The summed E-state index contributed by atoms with van der Waals surface area (Å²) >= 11 is 4.39. The molecule has 0 fully saturated rings. The average molecular weight is 205 g/mol. The number of aromatic nitrogens is 3. The molecular formula is C10H11N3S. The largest absolute Gasteiger partial charge is 0.207 e. The number of para-hydroxylation sites is 1. The van der Waals surface area contributed by atoms with Gasteiger partial charge in [0.05, 0.1) is 11.4 Å². The molecule has 0 spiro atoms. The molecule has 1 heterocycles. The van der Waals surface area contributed by atoms with Crippen molar-refractivity contribution < 1.29 is 0 Å². The lowest BCUT2D eigenvalue weighted by atomic mass is 10.3. The Hall–Kier alpha value is -1.29. The van der Waals surface area contributed by atoms with Gasteiger partial charge in [-0.1, -0.05) is 30.3 Å². The van der Waals surface area contributed by atoms with Crippen LogP contribution in [0.15, 0.2) is 35.4 Å². The van der Waals surface area contributed by atoms with Crippen molar-refractivity contribution in [1.82, 2.24) is 15.0 Å². The van der Waals surface area contributed by atoms with Crippen LogP contribution in [0.2, 0.25) is 0 Å². The zero-order chi connectivity index (χ0) is 9.97. The lowest BCUT2D eigenvalue weighted by Crippen LogP contribution is -1.96. The highest BCUT2D eigenvalue weighted by Gasteiger charge is 2.07. The van der Waals surface area contributed by atoms with Gasteiger partial charge in [-0.05, 0) is 18.6 Å². The molecule has 2 aromatic rings. The Labute approximate surface area is 88.2 Å². The zero-order valence-electron chi connectivity index (χ0n) is 7.88. The molecule has 0 bridgehead atoms. The van der Waals surface area contributed by atoms with Crippen LogP contribution < -0.4 is 0 Å². The van der Waals surface area contributed by atoms with Crippen LogP contribution in [0.4, 0.5) is 0 Å². The van der Waals surface area contributed by atoms with E-state index in [1.54, 1.807) is 4.68 Å². The number of hydrogen-bond acceptors (Lipinski definition) is 3. The lowest BCUT2D eigenvalue weighted by Gasteiger charge is -2.01. The molecule has 1 aromatic carbocycles. The van der Waals surface area contributed by atoms with Gasteiger partial charge >= 0.3 is 0 Å². The first-order chi connectivity index (χ1) is 6.83. The van der Waals surface area contributed by atoms with Crippen LogP contribution in [-0.4, -0.2) is 15.0 Å². The molecule has 0 N–H and O–H groups in total. The second-order valence-corrected chi connectivity index (χ2v) is 3.38. The Bertz CT molecular complexity index is 422. The predicted octanol–water partition coefficient (Wildman–Crippen LogP) is 2.12. The molecule has 0 aliphatic rings. The van der Waals surface area contributed by atoms with Crippen molar-refractivity contribution in [3.63, 3.8) is 0 Å². The first kappa shape index (κ1) is 9.27. The average Bonchev–Trinajstić information content (AvgIpc) is 2.61. The third kappa shape index (κ3) is 1.53. The fourth-order valence-electron chi connectivity index (χ4n) is 1.28. The van der Waals surface area contributed by atoms with Gasteiger partial charge in [-0.3, -0.25) is 0 Å². The van der Waals surface area contributed by atoms with E-state index in [1.165, 1.54) is 0 Å². The van der Waals surface area contributed by atoms with E-state index in [9.17, 15) is 0 Å². The van der Waals surface area contributed by atoms with E-state index in [0.717, 1.165) is 22.8 Å². The van der Waals surface area contributed by atoms with Crippen LogP contribution in [0, 0.1) is 0 Å². The normalized spacial score (nSPS) is 10.4. The maximum Gasteiger partial charge on any atom is 0.120 e. The van der Waals surface area contributed by atoms with Gasteiger partial charge in [-0.25, -0.2) is 4.68 Å². The summed E-state index contributed by atoms with van der Waals surface area (Å²) in [5, 5.41) is 8.91. The molecule has 0 saturated carbocycles. The molecule has 0 aliphatic carbocycles. The molecule has 0 amide bonds. The van der Waals surface area contributed by atoms with Gasteiger partial charge in [0, 0.05) is 0 Å². The van der Waals surface area contributed by atoms with Gasteiger partial charge in [-0.15, -0.1) is 17.7 Å². The topological polar surface area (TPSA) is 30.7 Å². The minimum absolute atomic E-state index is 0.818. The van der Waals surface area contributed by atoms with E-state index in [-0.39, 0.29) is 0 Å². The molecule has 0 aliphatic heterocycles. The van der Waals surface area contributed by atoms with E-state index >= 15 is 0 Å². The smallest absolute Gasteiger partial charge is 0.120 e. The Balaban J connectivity index is 2.48. The van der Waals surface area contributed by atoms with Crippen LogP contribution in [0.5, 0.6) is 0 Å². The summed E-state index contributed by atoms with van der Waals surface area (Å²) in [5.41, 5.74) is 1.92. The number of aryl methyl sites for hydroxylation is 1. The van der Waals surface area contributed by atoms with E-state index in [2.05, 4.69) is 22.9 Å². The third-order valence-corrected chi connectivity index (χ3v) is 2.50. The summed E-state index contributed by atoms with van der Waals surface area (Å²) < 4.78 is 1.74. The van der Waals surface area contributed by atoms with Gasteiger partial charge in [0.2, 0.25) is 0 Å². The highest BCUT2D eigenvalue weighted by molar-refractivity contribution is 7.80. The molecular weight excluding hydrogens is 194 g/mol. The molecule has 0 unspecified atom stereocenters. The maximum absolute atomic E-state index is 4.39. The van der Waals surface area contributed by atoms with Crippen LogP contribution >= 0.6 is 12.6 Å². The summed E-state index contributed by atoms with van der Waals surface area (Å²) in [7, 11) is 0. The van der Waals surface area contributed by atoms with Crippen LogP contribution in [0.25, 0.3) is 5.69 Å². The monoisotopic (exact) mass is 205 g/mol. The molecule has 72 valence electrons. The van der Waals surface area contributed by atoms with Gasteiger partial charge in [0.1, 0.15) is 5.03 Å². The number of thiol groups is 1. The summed E-state index contributed by atoms with van der Waals surface area (Å²) in [4.78, 5) is 0. The Morgan fingerprint density at radius 3 is 2.57 bits per heavy atom. The van der Waals surface area contributed by atoms with E-state index in [4.69, 9.17) is 0 Å². The Kier molecular flexibility index (Phi) is 2.54. The van der Waals surface area contributed by atoms with Crippen molar-refractivity contribution in [1.29, 1.82) is 0 Å². The van der Waals surface area contributed by atoms with Gasteiger partial charge in [0.25, 0.3) is 0 Å². The molecule has 2 rings (SSSR count). The van der Waals surface area contributed by atoms with E-state index < -0.39 is 0 Å². The molecule has 0 saturated heterocycles. The minimum Gasteiger partial charge on any atom is -0.207 e. The number of nitrogens with zero attached hydrogens (tertiary/aromatic N) is 3. The first-order valence-corrected chi connectivity index (χ1v) is 4.96. The molecule has 14 heavy (non-hydrogen) atoms. The van der Waals surface area contributed by atoms with E-state index in [1.807, 2.05) is 37.3 Å². The fourth-order valence-corrected chi connectivity index (χ4v) is 1.64. The summed E-state index contributed by atoms with van der Waals surface area (Å²) in [6, 6.07) is 9.87. The number of hydrogen-bond donors (Lipinski definition) is 1. The molecule has 1 aromatic heterocycles. The first-order valence-electron chi connectivity index (χ1n) is 4.52. The Morgan fingerprint density at radius 2 is 2.00 bits per heavy atom. The van der Waals surface area contributed by atoms with Crippen molar-refractivity contribution in [2.24, 2.45) is 0 Å². The van der Waals surface area contributed by atoms with E-state index in [0.29, 0.717) is 0 Å². The zero-order valence-corrected chi connectivity index (χ0v) is 8.78. The van der Waals surface area contributed by atoms with Crippen molar-refractivity contribution in [2.75, 3.05) is 0 Å². The van der Waals surface area contributed by atoms with Crippen LogP contribution in [0.3, 0.4) is 0 Å². The van der Waals surface area contributed by atoms with Crippen molar-refractivity contribution in [3.05, 3.63) is 36.0 Å². The highest BCUT2D eigenvalue weighted by Crippen LogP contribution is 2.16. The summed E-state index contributed by atoms with van der Waals surface area (Å²) in [6.07, 6.45) is 0.853. The summed E-state index contributed by atoms with van der Waals surface area (Å²) in [5.74, 6) is 0. The van der Waals surface area contributed by atoms with Crippen molar-refractivity contribution in [3.8, 4) is 5.69 Å². The van der Waals surface area contributed by atoms with Crippen molar-refractivity contribution in [2.45, 2.75) is 18.4 Å². The third-order valence-electron chi connectivity index (χ3n) is 2.05. The second-order valence-electron chi connectivity index (χ2n) is 2.96. The quantitative estimate of drug-likeness (QED) is 0.761. The number of benzene rings is 1. The van der Waals surface area contributed by atoms with Gasteiger partial charge in [0.15, 0.2) is 0 Å². The molecule has 0 atom stereocenters. The molecule has 4 heteroatoms. The maximum atomic E-state index is 4.39. The predicted molar refractivity (Wildman–Crippen MR) is 58.0 cm³/mol. The van der Waals surface area contributed by atoms with Crippen LogP contribution in [-0.2, 0) is 6.42 Å². The molecule has 3 nitrogen and oxygen atoms in total. The Morgan fingerprint density at radius 1 is 1.29 bits per heavy atom. The lowest BCUT2D eigenvalue weighted by molar-refractivity contribution is 0.758. The van der Waals surface area contributed by atoms with Gasteiger partial charge in [-0.2, -0.15) is 0 Å². The fraction of sp³-hybridized carbons (Fsp3) is 0.200. The standard InChI is InChI=1S/C10H11N3S/c1-2-9-10(14)13(12-11-9)8-6-4-3-5-7-8/h3-7,14H,2H2,1H3. The molecule has 0 radical (unpaired) electrons.